The van der Waals surface area contributed by atoms with Gasteiger partial charge in [-0.1, -0.05) is 46.3 Å². The highest BCUT2D eigenvalue weighted by Gasteiger charge is 2.33. The Balaban J connectivity index is 1.60. The number of hydrogen-bond acceptors (Lipinski definition) is 2. The van der Waals surface area contributed by atoms with Gasteiger partial charge in [-0.3, -0.25) is 9.59 Å². The van der Waals surface area contributed by atoms with Gasteiger partial charge in [0.25, 0.3) is 5.91 Å². The van der Waals surface area contributed by atoms with Crippen molar-refractivity contribution in [1.82, 2.24) is 9.80 Å². The molecule has 2 aromatic rings. The standard InChI is InChI=1S/C21H23BrN2O2/c1-15-12-16(8-9-19(15)22)13-23(2)20(25)18-10-11-24(14-18)21(26)17-6-4-3-5-7-17/h3-9,12,18H,10-11,13-14H2,1-2H3. The zero-order valence-electron chi connectivity index (χ0n) is 15.1. The van der Waals surface area contributed by atoms with E-state index in [1.54, 1.807) is 9.80 Å². The average molecular weight is 415 g/mol. The second kappa shape index (κ2) is 8.04. The molecule has 26 heavy (non-hydrogen) atoms. The van der Waals surface area contributed by atoms with E-state index in [0.29, 0.717) is 25.2 Å². The predicted molar refractivity (Wildman–Crippen MR) is 106 cm³/mol. The smallest absolute Gasteiger partial charge is 0.253 e. The fourth-order valence-electron chi connectivity index (χ4n) is 3.38. The maximum absolute atomic E-state index is 12.8. The second-order valence-electron chi connectivity index (χ2n) is 6.88. The molecule has 1 saturated heterocycles. The maximum atomic E-state index is 12.8. The molecule has 0 aromatic heterocycles. The molecule has 1 unspecified atom stereocenters. The molecule has 0 saturated carbocycles. The highest BCUT2D eigenvalue weighted by atomic mass is 79.9. The number of halogens is 1. The largest absolute Gasteiger partial charge is 0.341 e. The van der Waals surface area contributed by atoms with Crippen LogP contribution in [0.2, 0.25) is 0 Å². The number of nitrogens with zero attached hydrogens (tertiary/aromatic N) is 2. The molecule has 5 heteroatoms. The lowest BCUT2D eigenvalue weighted by atomic mass is 10.1. The Labute approximate surface area is 162 Å². The van der Waals surface area contributed by atoms with E-state index < -0.39 is 0 Å². The lowest BCUT2D eigenvalue weighted by Gasteiger charge is -2.22. The monoisotopic (exact) mass is 414 g/mol. The molecular formula is C21H23BrN2O2. The summed E-state index contributed by atoms with van der Waals surface area (Å²) in [7, 11) is 1.83. The van der Waals surface area contributed by atoms with Crippen LogP contribution in [0.5, 0.6) is 0 Å². The van der Waals surface area contributed by atoms with Gasteiger partial charge in [0.15, 0.2) is 0 Å². The molecule has 1 atom stereocenters. The third-order valence-electron chi connectivity index (χ3n) is 4.86. The van der Waals surface area contributed by atoms with Gasteiger partial charge in [0.1, 0.15) is 0 Å². The van der Waals surface area contributed by atoms with Crippen LogP contribution in [-0.2, 0) is 11.3 Å². The minimum Gasteiger partial charge on any atom is -0.341 e. The number of carbonyl (C=O) groups excluding carboxylic acids is 2. The fraction of sp³-hybridized carbons (Fsp3) is 0.333. The van der Waals surface area contributed by atoms with E-state index in [4.69, 9.17) is 0 Å². The predicted octanol–water partition coefficient (Wildman–Crippen LogP) is 3.88. The molecule has 2 aromatic carbocycles. The van der Waals surface area contributed by atoms with Crippen molar-refractivity contribution in [1.29, 1.82) is 0 Å². The molecule has 0 bridgehead atoms. The molecule has 0 N–H and O–H groups in total. The summed E-state index contributed by atoms with van der Waals surface area (Å²) >= 11 is 3.50. The van der Waals surface area contributed by atoms with Crippen molar-refractivity contribution in [2.24, 2.45) is 5.92 Å². The van der Waals surface area contributed by atoms with Crippen molar-refractivity contribution in [2.45, 2.75) is 19.9 Å². The Morgan fingerprint density at radius 3 is 2.62 bits per heavy atom. The number of aryl methyl sites for hydroxylation is 1. The average Bonchev–Trinajstić information content (AvgIpc) is 3.14. The van der Waals surface area contributed by atoms with Crippen molar-refractivity contribution in [3.63, 3.8) is 0 Å². The Bertz CT molecular complexity index is 807. The SMILES string of the molecule is Cc1cc(CN(C)C(=O)C2CCN(C(=O)c3ccccc3)C2)ccc1Br. The molecule has 4 nitrogen and oxygen atoms in total. The van der Waals surface area contributed by atoms with Gasteiger partial charge in [-0.05, 0) is 42.7 Å². The third kappa shape index (κ3) is 4.15. The molecule has 3 rings (SSSR count). The Morgan fingerprint density at radius 1 is 1.19 bits per heavy atom. The van der Waals surface area contributed by atoms with Gasteiger partial charge < -0.3 is 9.80 Å². The molecule has 1 heterocycles. The molecule has 1 aliphatic heterocycles. The van der Waals surface area contributed by atoms with Gasteiger partial charge in [0.2, 0.25) is 5.91 Å². The first-order valence-corrected chi connectivity index (χ1v) is 9.59. The third-order valence-corrected chi connectivity index (χ3v) is 5.75. The van der Waals surface area contributed by atoms with Crippen LogP contribution < -0.4 is 0 Å². The van der Waals surface area contributed by atoms with Crippen LogP contribution in [0.25, 0.3) is 0 Å². The fourth-order valence-corrected chi connectivity index (χ4v) is 3.62. The van der Waals surface area contributed by atoms with Crippen molar-refractivity contribution < 1.29 is 9.59 Å². The normalized spacial score (nSPS) is 16.6. The zero-order chi connectivity index (χ0) is 18.7. The van der Waals surface area contributed by atoms with Crippen molar-refractivity contribution in [3.05, 3.63) is 69.7 Å². The van der Waals surface area contributed by atoms with E-state index in [2.05, 4.69) is 22.0 Å². The first kappa shape index (κ1) is 18.6. The van der Waals surface area contributed by atoms with E-state index in [0.717, 1.165) is 22.0 Å². The Kier molecular flexibility index (Phi) is 5.77. The minimum atomic E-state index is -0.121. The summed E-state index contributed by atoms with van der Waals surface area (Å²) in [5, 5.41) is 0. The van der Waals surface area contributed by atoms with Gasteiger partial charge in [-0.2, -0.15) is 0 Å². The number of likely N-dealkylation sites (tertiary alicyclic amines) is 1. The summed E-state index contributed by atoms with van der Waals surface area (Å²) in [6, 6.07) is 15.4. The molecule has 1 fully saturated rings. The van der Waals surface area contributed by atoms with Gasteiger partial charge >= 0.3 is 0 Å². The second-order valence-corrected chi connectivity index (χ2v) is 7.73. The lowest BCUT2D eigenvalue weighted by Crippen LogP contribution is -2.35. The van der Waals surface area contributed by atoms with Crippen LogP contribution in [0.15, 0.2) is 53.0 Å². The van der Waals surface area contributed by atoms with Crippen LogP contribution in [0.3, 0.4) is 0 Å². The molecule has 0 radical (unpaired) electrons. The Morgan fingerprint density at radius 2 is 1.92 bits per heavy atom. The summed E-state index contributed by atoms with van der Waals surface area (Å²) in [4.78, 5) is 28.9. The van der Waals surface area contributed by atoms with E-state index >= 15 is 0 Å². The van der Waals surface area contributed by atoms with E-state index in [1.807, 2.05) is 56.4 Å². The molecule has 0 spiro atoms. The molecular weight excluding hydrogens is 392 g/mol. The van der Waals surface area contributed by atoms with Crippen molar-refractivity contribution in [2.75, 3.05) is 20.1 Å². The number of hydrogen-bond donors (Lipinski definition) is 0. The lowest BCUT2D eigenvalue weighted by molar-refractivity contribution is -0.134. The summed E-state index contributed by atoms with van der Waals surface area (Å²) in [6.07, 6.45) is 0.723. The van der Waals surface area contributed by atoms with Crippen LogP contribution >= 0.6 is 15.9 Å². The van der Waals surface area contributed by atoms with E-state index in [-0.39, 0.29) is 17.7 Å². The number of rotatable bonds is 4. The highest BCUT2D eigenvalue weighted by Crippen LogP contribution is 2.22. The highest BCUT2D eigenvalue weighted by molar-refractivity contribution is 9.10. The van der Waals surface area contributed by atoms with Gasteiger partial charge in [-0.25, -0.2) is 0 Å². The van der Waals surface area contributed by atoms with Crippen molar-refractivity contribution >= 4 is 27.7 Å². The van der Waals surface area contributed by atoms with Gasteiger partial charge in [-0.15, -0.1) is 0 Å². The van der Waals surface area contributed by atoms with Gasteiger partial charge in [0, 0.05) is 36.7 Å². The summed E-state index contributed by atoms with van der Waals surface area (Å²) < 4.78 is 1.07. The topological polar surface area (TPSA) is 40.6 Å². The Hall–Kier alpha value is -2.14. The molecule has 1 aliphatic rings. The van der Waals surface area contributed by atoms with Crippen molar-refractivity contribution in [3.8, 4) is 0 Å². The van der Waals surface area contributed by atoms with Gasteiger partial charge in [0.05, 0.1) is 5.92 Å². The summed E-state index contributed by atoms with van der Waals surface area (Å²) in [5.74, 6) is -0.00905. The van der Waals surface area contributed by atoms with Crippen LogP contribution in [0.4, 0.5) is 0 Å². The number of amides is 2. The minimum absolute atomic E-state index is 0.00656. The first-order chi connectivity index (χ1) is 12.5. The molecule has 2 amide bonds. The first-order valence-electron chi connectivity index (χ1n) is 8.80. The van der Waals surface area contributed by atoms with E-state index in [1.165, 1.54) is 0 Å². The zero-order valence-corrected chi connectivity index (χ0v) is 16.7. The maximum Gasteiger partial charge on any atom is 0.253 e. The summed E-state index contributed by atoms with van der Waals surface area (Å²) in [5.41, 5.74) is 2.94. The summed E-state index contributed by atoms with van der Waals surface area (Å²) in [6.45, 7) is 3.75. The van der Waals surface area contributed by atoms with Crippen LogP contribution in [0.1, 0.15) is 27.9 Å². The number of benzene rings is 2. The van der Waals surface area contributed by atoms with Crippen LogP contribution in [-0.4, -0.2) is 41.8 Å². The molecule has 136 valence electrons. The van der Waals surface area contributed by atoms with Crippen LogP contribution in [0, 0.1) is 12.8 Å². The molecule has 0 aliphatic carbocycles. The van der Waals surface area contributed by atoms with E-state index in [9.17, 15) is 9.59 Å². The number of carbonyl (C=O) groups is 2. The quantitative estimate of drug-likeness (QED) is 0.761.